The molecule has 4 atom stereocenters. The van der Waals surface area contributed by atoms with E-state index in [-0.39, 0.29) is 17.5 Å². The standard InChI is InChI=1S/C13H20N6O5/c14-3-6(15)8(16)9(18-5-1-2-5)12(23)19(17)13-11(22)10(21)7(4-20)24-13/h5,7,10-11,13,20-22H,1-2,4,15-17H2/b8-6+,18-9?. The summed E-state index contributed by atoms with van der Waals surface area (Å²) in [4.78, 5) is 16.7. The van der Waals surface area contributed by atoms with Crippen LogP contribution in [0, 0.1) is 11.3 Å². The molecule has 1 amide bonds. The van der Waals surface area contributed by atoms with Gasteiger partial charge in [-0.2, -0.15) is 5.26 Å². The molecular weight excluding hydrogens is 320 g/mol. The highest BCUT2D eigenvalue weighted by Gasteiger charge is 2.46. The van der Waals surface area contributed by atoms with E-state index in [1.165, 1.54) is 0 Å². The summed E-state index contributed by atoms with van der Waals surface area (Å²) in [7, 11) is 0. The monoisotopic (exact) mass is 340 g/mol. The molecule has 0 aromatic carbocycles. The minimum atomic E-state index is -1.53. The third kappa shape index (κ3) is 3.48. The molecule has 1 heterocycles. The number of nitrogens with zero attached hydrogens (tertiary/aromatic N) is 3. The summed E-state index contributed by atoms with van der Waals surface area (Å²) in [5, 5.41) is 38.1. The quantitative estimate of drug-likeness (QED) is 0.0959. The van der Waals surface area contributed by atoms with Crippen LogP contribution in [0.3, 0.4) is 0 Å². The summed E-state index contributed by atoms with van der Waals surface area (Å²) >= 11 is 0. The number of carbonyl (C=O) groups excluding carboxylic acids is 1. The summed E-state index contributed by atoms with van der Waals surface area (Å²) in [6.45, 7) is -0.566. The molecule has 1 aliphatic heterocycles. The lowest BCUT2D eigenvalue weighted by molar-refractivity contribution is -0.146. The Hall–Kier alpha value is -2.23. The van der Waals surface area contributed by atoms with Crippen LogP contribution in [0.1, 0.15) is 12.8 Å². The minimum absolute atomic E-state index is 0.118. The van der Waals surface area contributed by atoms with Gasteiger partial charge in [0.15, 0.2) is 11.9 Å². The second-order valence-corrected chi connectivity index (χ2v) is 5.59. The first kappa shape index (κ1) is 18.1. The molecule has 0 spiro atoms. The molecule has 4 unspecified atom stereocenters. The average molecular weight is 340 g/mol. The maximum atomic E-state index is 12.6. The van der Waals surface area contributed by atoms with Crippen LogP contribution in [0.5, 0.6) is 0 Å². The van der Waals surface area contributed by atoms with Crippen LogP contribution in [-0.4, -0.2) is 69.1 Å². The second kappa shape index (κ2) is 7.12. The highest BCUT2D eigenvalue weighted by Crippen LogP contribution is 2.26. The van der Waals surface area contributed by atoms with Gasteiger partial charge in [0.05, 0.1) is 18.3 Å². The maximum Gasteiger partial charge on any atom is 0.290 e. The van der Waals surface area contributed by atoms with Gasteiger partial charge in [0.25, 0.3) is 5.91 Å². The molecule has 1 saturated heterocycles. The topological polar surface area (TPSA) is 204 Å². The fraction of sp³-hybridized carbons (Fsp3) is 0.615. The number of nitrogens with two attached hydrogens (primary N) is 3. The van der Waals surface area contributed by atoms with Gasteiger partial charge in [0.1, 0.15) is 30.1 Å². The zero-order valence-electron chi connectivity index (χ0n) is 12.7. The van der Waals surface area contributed by atoms with Gasteiger partial charge in [-0.25, -0.2) is 10.9 Å². The van der Waals surface area contributed by atoms with Crippen LogP contribution in [0.2, 0.25) is 0 Å². The lowest BCUT2D eigenvalue weighted by atomic mass is 10.1. The maximum absolute atomic E-state index is 12.6. The number of aliphatic imine (C=N–C) groups is 1. The van der Waals surface area contributed by atoms with Crippen molar-refractivity contribution in [2.75, 3.05) is 6.61 Å². The summed E-state index contributed by atoms with van der Waals surface area (Å²) < 4.78 is 5.18. The van der Waals surface area contributed by atoms with Crippen molar-refractivity contribution in [3.8, 4) is 6.07 Å². The Kier molecular flexibility index (Phi) is 5.37. The number of allylic oxidation sites excluding steroid dienone is 1. The van der Waals surface area contributed by atoms with Crippen LogP contribution in [0.4, 0.5) is 0 Å². The third-order valence-electron chi connectivity index (χ3n) is 3.75. The molecule has 0 bridgehead atoms. The Morgan fingerprint density at radius 1 is 1.33 bits per heavy atom. The average Bonchev–Trinajstić information content (AvgIpc) is 3.36. The number of ether oxygens (including phenoxy) is 1. The highest BCUT2D eigenvalue weighted by atomic mass is 16.6. The molecule has 9 N–H and O–H groups in total. The van der Waals surface area contributed by atoms with Crippen LogP contribution < -0.4 is 17.3 Å². The van der Waals surface area contributed by atoms with Gasteiger partial charge >= 0.3 is 0 Å². The van der Waals surface area contributed by atoms with Crippen molar-refractivity contribution in [1.82, 2.24) is 5.01 Å². The first-order chi connectivity index (χ1) is 11.3. The number of rotatable bonds is 5. The van der Waals surface area contributed by atoms with Gasteiger partial charge in [-0.05, 0) is 12.8 Å². The Bertz CT molecular complexity index is 610. The molecule has 11 heteroatoms. The first-order valence-electron chi connectivity index (χ1n) is 7.26. The number of amides is 1. The molecule has 132 valence electrons. The van der Waals surface area contributed by atoms with Crippen molar-refractivity contribution in [3.05, 3.63) is 11.4 Å². The Labute approximate surface area is 137 Å². The van der Waals surface area contributed by atoms with Crippen molar-refractivity contribution in [2.24, 2.45) is 22.3 Å². The van der Waals surface area contributed by atoms with Crippen molar-refractivity contribution in [3.63, 3.8) is 0 Å². The molecular formula is C13H20N6O5. The molecule has 1 aliphatic carbocycles. The van der Waals surface area contributed by atoms with E-state index >= 15 is 0 Å². The Morgan fingerprint density at radius 3 is 2.42 bits per heavy atom. The SMILES string of the molecule is N#C/C(N)=C(\N)C(=NC1CC1)C(=O)N(N)C1OC(CO)C(O)C1O. The minimum Gasteiger partial charge on any atom is -0.395 e. The van der Waals surface area contributed by atoms with Gasteiger partial charge in [-0.3, -0.25) is 9.79 Å². The molecule has 0 aromatic heterocycles. The molecule has 2 aliphatic rings. The number of hydrogen-bond donors (Lipinski definition) is 6. The van der Waals surface area contributed by atoms with Gasteiger partial charge in [-0.1, -0.05) is 0 Å². The number of aliphatic hydroxyl groups is 3. The van der Waals surface area contributed by atoms with Crippen molar-refractivity contribution < 1.29 is 24.9 Å². The van der Waals surface area contributed by atoms with Gasteiger partial charge < -0.3 is 31.5 Å². The zero-order valence-corrected chi connectivity index (χ0v) is 12.7. The van der Waals surface area contributed by atoms with Crippen LogP contribution in [0.15, 0.2) is 16.4 Å². The fourth-order valence-electron chi connectivity index (χ4n) is 2.16. The Balaban J connectivity index is 2.25. The number of aliphatic hydroxyl groups excluding tert-OH is 3. The van der Waals surface area contributed by atoms with Gasteiger partial charge in [0.2, 0.25) is 0 Å². The number of hydrogen-bond acceptors (Lipinski definition) is 10. The summed E-state index contributed by atoms with van der Waals surface area (Å²) in [6.07, 6.45) is -3.93. The van der Waals surface area contributed by atoms with Gasteiger partial charge in [0, 0.05) is 0 Å². The lowest BCUT2D eigenvalue weighted by Gasteiger charge is -2.26. The predicted molar refractivity (Wildman–Crippen MR) is 80.3 cm³/mol. The fourth-order valence-corrected chi connectivity index (χ4v) is 2.16. The van der Waals surface area contributed by atoms with E-state index in [1.807, 2.05) is 0 Å². The van der Waals surface area contributed by atoms with E-state index in [9.17, 15) is 15.0 Å². The molecule has 2 rings (SSSR count). The normalized spacial score (nSPS) is 31.4. The smallest absolute Gasteiger partial charge is 0.290 e. The molecule has 11 nitrogen and oxygen atoms in total. The molecule has 24 heavy (non-hydrogen) atoms. The van der Waals surface area contributed by atoms with E-state index in [4.69, 9.17) is 32.4 Å². The predicted octanol–water partition coefficient (Wildman–Crippen LogP) is -3.62. The number of hydrazine groups is 1. The third-order valence-corrected chi connectivity index (χ3v) is 3.75. The van der Waals surface area contributed by atoms with Crippen LogP contribution in [0.25, 0.3) is 0 Å². The Morgan fingerprint density at radius 2 is 1.96 bits per heavy atom. The molecule has 2 fully saturated rings. The van der Waals surface area contributed by atoms with E-state index in [0.29, 0.717) is 5.01 Å². The van der Waals surface area contributed by atoms with E-state index in [2.05, 4.69) is 4.99 Å². The summed E-state index contributed by atoms with van der Waals surface area (Å²) in [5.41, 5.74) is 10.1. The van der Waals surface area contributed by atoms with E-state index < -0.39 is 42.8 Å². The van der Waals surface area contributed by atoms with E-state index in [1.54, 1.807) is 6.07 Å². The number of carbonyl (C=O) groups is 1. The van der Waals surface area contributed by atoms with Crippen LogP contribution in [-0.2, 0) is 9.53 Å². The molecule has 0 aromatic rings. The molecule has 0 radical (unpaired) electrons. The highest BCUT2D eigenvalue weighted by molar-refractivity contribution is 6.45. The summed E-state index contributed by atoms with van der Waals surface area (Å²) in [6, 6.07) is 1.50. The van der Waals surface area contributed by atoms with Crippen molar-refractivity contribution >= 4 is 11.6 Å². The lowest BCUT2D eigenvalue weighted by Crippen LogP contribution is -2.54. The van der Waals surface area contributed by atoms with E-state index in [0.717, 1.165) is 12.8 Å². The second-order valence-electron chi connectivity index (χ2n) is 5.59. The summed E-state index contributed by atoms with van der Waals surface area (Å²) in [5.74, 6) is 4.77. The zero-order chi connectivity index (χ0) is 18.0. The van der Waals surface area contributed by atoms with Crippen molar-refractivity contribution in [2.45, 2.75) is 43.4 Å². The van der Waals surface area contributed by atoms with Crippen molar-refractivity contribution in [1.29, 1.82) is 5.26 Å². The van der Waals surface area contributed by atoms with Crippen LogP contribution >= 0.6 is 0 Å². The molecule has 1 saturated carbocycles. The largest absolute Gasteiger partial charge is 0.395 e. The number of nitriles is 1. The van der Waals surface area contributed by atoms with Gasteiger partial charge in [-0.15, -0.1) is 0 Å². The first-order valence-corrected chi connectivity index (χ1v) is 7.26.